The number of aromatic amines is 1. The Morgan fingerprint density at radius 1 is 1.27 bits per heavy atom. The molecule has 2 aromatic rings. The predicted octanol–water partition coefficient (Wildman–Crippen LogP) is 2.62. The Labute approximate surface area is 87.4 Å². The molecular weight excluding hydrogens is 193 g/mol. The van der Waals surface area contributed by atoms with Gasteiger partial charge in [0.1, 0.15) is 5.82 Å². The Morgan fingerprint density at radius 2 is 1.93 bits per heavy atom. The molecule has 2 N–H and O–H groups in total. The van der Waals surface area contributed by atoms with E-state index in [1.54, 1.807) is 12.1 Å². The Bertz CT molecular complexity index is 459. The van der Waals surface area contributed by atoms with Gasteiger partial charge in [0.15, 0.2) is 0 Å². The van der Waals surface area contributed by atoms with Gasteiger partial charge in [0.05, 0.1) is 12.3 Å². The third-order valence-electron chi connectivity index (χ3n) is 2.50. The summed E-state index contributed by atoms with van der Waals surface area (Å²) in [7, 11) is 0. The quantitative estimate of drug-likeness (QED) is 0.776. The van der Waals surface area contributed by atoms with Gasteiger partial charge in [0.25, 0.3) is 0 Å². The monoisotopic (exact) mass is 205 g/mol. The van der Waals surface area contributed by atoms with Crippen molar-refractivity contribution in [2.24, 2.45) is 0 Å². The van der Waals surface area contributed by atoms with Crippen molar-refractivity contribution in [3.8, 4) is 11.3 Å². The number of rotatable bonds is 2. The van der Waals surface area contributed by atoms with Gasteiger partial charge < -0.3 is 10.1 Å². The summed E-state index contributed by atoms with van der Waals surface area (Å²) in [5, 5.41) is 9.21. The first kappa shape index (κ1) is 9.93. The van der Waals surface area contributed by atoms with Gasteiger partial charge >= 0.3 is 0 Å². The third-order valence-corrected chi connectivity index (χ3v) is 2.50. The number of halogens is 1. The maximum absolute atomic E-state index is 12.7. The van der Waals surface area contributed by atoms with Crippen molar-refractivity contribution in [1.82, 2.24) is 4.98 Å². The molecule has 1 heterocycles. The van der Waals surface area contributed by atoms with Gasteiger partial charge in [0.2, 0.25) is 0 Å². The van der Waals surface area contributed by atoms with Crippen LogP contribution in [0.4, 0.5) is 4.39 Å². The summed E-state index contributed by atoms with van der Waals surface area (Å²) in [4.78, 5) is 3.08. The van der Waals surface area contributed by atoms with Crippen molar-refractivity contribution in [1.29, 1.82) is 0 Å². The number of nitrogens with one attached hydrogen (secondary N) is 1. The standard InChI is InChI=1S/C12H12FNO/c1-8-6-14-12(11(8)7-15)9-2-4-10(13)5-3-9/h2-6,14-15H,7H2,1H3. The van der Waals surface area contributed by atoms with Crippen molar-refractivity contribution in [2.45, 2.75) is 13.5 Å². The minimum atomic E-state index is -0.257. The lowest BCUT2D eigenvalue weighted by Crippen LogP contribution is -1.88. The van der Waals surface area contributed by atoms with Crippen LogP contribution in [0.15, 0.2) is 30.5 Å². The van der Waals surface area contributed by atoms with E-state index in [0.29, 0.717) is 0 Å². The van der Waals surface area contributed by atoms with E-state index in [-0.39, 0.29) is 12.4 Å². The summed E-state index contributed by atoms with van der Waals surface area (Å²) in [5.74, 6) is -0.257. The van der Waals surface area contributed by atoms with Crippen LogP contribution in [0.2, 0.25) is 0 Å². The average molecular weight is 205 g/mol. The zero-order chi connectivity index (χ0) is 10.8. The highest BCUT2D eigenvalue weighted by atomic mass is 19.1. The minimum absolute atomic E-state index is 0.0119. The van der Waals surface area contributed by atoms with Crippen molar-refractivity contribution < 1.29 is 9.50 Å². The third kappa shape index (κ3) is 1.78. The molecule has 0 radical (unpaired) electrons. The van der Waals surface area contributed by atoms with E-state index in [2.05, 4.69) is 4.98 Å². The largest absolute Gasteiger partial charge is 0.392 e. The Morgan fingerprint density at radius 3 is 2.53 bits per heavy atom. The number of aromatic nitrogens is 1. The molecule has 0 saturated carbocycles. The highest BCUT2D eigenvalue weighted by Gasteiger charge is 2.08. The van der Waals surface area contributed by atoms with Crippen LogP contribution in [0.3, 0.4) is 0 Å². The van der Waals surface area contributed by atoms with Gasteiger partial charge in [-0.05, 0) is 42.3 Å². The lowest BCUT2D eigenvalue weighted by atomic mass is 10.1. The second kappa shape index (κ2) is 3.87. The predicted molar refractivity (Wildman–Crippen MR) is 56.8 cm³/mol. The molecular formula is C12H12FNO. The SMILES string of the molecule is Cc1c[nH]c(-c2ccc(F)cc2)c1CO. The molecule has 0 unspecified atom stereocenters. The van der Waals surface area contributed by atoms with Crippen LogP contribution < -0.4 is 0 Å². The van der Waals surface area contributed by atoms with Crippen LogP contribution in [0.1, 0.15) is 11.1 Å². The van der Waals surface area contributed by atoms with Crippen LogP contribution in [-0.4, -0.2) is 10.1 Å². The molecule has 0 bridgehead atoms. The maximum Gasteiger partial charge on any atom is 0.123 e. The fourth-order valence-electron chi connectivity index (χ4n) is 1.63. The molecule has 0 atom stereocenters. The second-order valence-corrected chi connectivity index (χ2v) is 3.49. The first-order valence-electron chi connectivity index (χ1n) is 4.76. The molecule has 0 aliphatic rings. The van der Waals surface area contributed by atoms with Crippen LogP contribution in [-0.2, 0) is 6.61 Å². The number of aliphatic hydroxyl groups excluding tert-OH is 1. The lowest BCUT2D eigenvalue weighted by molar-refractivity contribution is 0.282. The smallest absolute Gasteiger partial charge is 0.123 e. The summed E-state index contributed by atoms with van der Waals surface area (Å²) >= 11 is 0. The van der Waals surface area contributed by atoms with Gasteiger partial charge in [-0.25, -0.2) is 4.39 Å². The van der Waals surface area contributed by atoms with Crippen LogP contribution in [0.25, 0.3) is 11.3 Å². The van der Waals surface area contributed by atoms with Crippen LogP contribution in [0.5, 0.6) is 0 Å². The molecule has 0 saturated heterocycles. The first-order valence-corrected chi connectivity index (χ1v) is 4.76. The van der Waals surface area contributed by atoms with Crippen molar-refractivity contribution >= 4 is 0 Å². The number of benzene rings is 1. The molecule has 15 heavy (non-hydrogen) atoms. The molecule has 0 aliphatic carbocycles. The van der Waals surface area contributed by atoms with Crippen molar-refractivity contribution in [2.75, 3.05) is 0 Å². The summed E-state index contributed by atoms with van der Waals surface area (Å²) in [6, 6.07) is 6.21. The molecule has 0 amide bonds. The zero-order valence-electron chi connectivity index (χ0n) is 8.42. The van der Waals surface area contributed by atoms with E-state index in [0.717, 1.165) is 22.4 Å². The van der Waals surface area contributed by atoms with Crippen LogP contribution >= 0.6 is 0 Å². The summed E-state index contributed by atoms with van der Waals surface area (Å²) in [5.41, 5.74) is 3.61. The van der Waals surface area contributed by atoms with E-state index in [1.165, 1.54) is 12.1 Å². The number of H-pyrrole nitrogens is 1. The maximum atomic E-state index is 12.7. The average Bonchev–Trinajstić information content (AvgIpc) is 2.61. The second-order valence-electron chi connectivity index (χ2n) is 3.49. The summed E-state index contributed by atoms with van der Waals surface area (Å²) < 4.78 is 12.7. The molecule has 78 valence electrons. The van der Waals surface area contributed by atoms with Crippen LogP contribution in [0, 0.1) is 12.7 Å². The minimum Gasteiger partial charge on any atom is -0.392 e. The highest BCUT2D eigenvalue weighted by Crippen LogP contribution is 2.25. The van der Waals surface area contributed by atoms with Crippen molar-refractivity contribution in [3.63, 3.8) is 0 Å². The summed E-state index contributed by atoms with van der Waals surface area (Å²) in [6.45, 7) is 1.91. The fourth-order valence-corrected chi connectivity index (χ4v) is 1.63. The molecule has 3 heteroatoms. The normalized spacial score (nSPS) is 10.6. The summed E-state index contributed by atoms with van der Waals surface area (Å²) in [6.07, 6.45) is 1.84. The van der Waals surface area contributed by atoms with Gasteiger partial charge in [-0.3, -0.25) is 0 Å². The van der Waals surface area contributed by atoms with E-state index >= 15 is 0 Å². The van der Waals surface area contributed by atoms with Gasteiger partial charge in [0, 0.05) is 11.8 Å². The van der Waals surface area contributed by atoms with Crippen molar-refractivity contribution in [3.05, 3.63) is 47.4 Å². The molecule has 0 spiro atoms. The molecule has 1 aromatic carbocycles. The lowest BCUT2D eigenvalue weighted by Gasteiger charge is -2.02. The van der Waals surface area contributed by atoms with Gasteiger partial charge in [-0.2, -0.15) is 0 Å². The van der Waals surface area contributed by atoms with E-state index in [4.69, 9.17) is 0 Å². The van der Waals surface area contributed by atoms with E-state index in [9.17, 15) is 9.50 Å². The Balaban J connectivity index is 2.49. The number of aryl methyl sites for hydroxylation is 1. The van der Waals surface area contributed by atoms with Gasteiger partial charge in [-0.1, -0.05) is 0 Å². The molecule has 1 aromatic heterocycles. The number of hydrogen-bond donors (Lipinski definition) is 2. The number of aliphatic hydroxyl groups is 1. The fraction of sp³-hybridized carbons (Fsp3) is 0.167. The topological polar surface area (TPSA) is 36.0 Å². The zero-order valence-corrected chi connectivity index (χ0v) is 8.42. The Hall–Kier alpha value is -1.61. The van der Waals surface area contributed by atoms with E-state index < -0.39 is 0 Å². The molecule has 0 fully saturated rings. The number of hydrogen-bond acceptors (Lipinski definition) is 1. The molecule has 0 aliphatic heterocycles. The Kier molecular flexibility index (Phi) is 2.56. The van der Waals surface area contributed by atoms with Gasteiger partial charge in [-0.15, -0.1) is 0 Å². The molecule has 2 nitrogen and oxygen atoms in total. The van der Waals surface area contributed by atoms with E-state index in [1.807, 2.05) is 13.1 Å². The first-order chi connectivity index (χ1) is 7.22. The molecule has 2 rings (SSSR count). The highest BCUT2D eigenvalue weighted by molar-refractivity contribution is 5.64.